The van der Waals surface area contributed by atoms with Crippen molar-refractivity contribution in [3.63, 3.8) is 0 Å². The smallest absolute Gasteiger partial charge is 0.251 e. The summed E-state index contributed by atoms with van der Waals surface area (Å²) >= 11 is 13.4. The van der Waals surface area contributed by atoms with Crippen molar-refractivity contribution >= 4 is 46.7 Å². The second-order valence-electron chi connectivity index (χ2n) is 7.32. The van der Waals surface area contributed by atoms with E-state index in [4.69, 9.17) is 32.7 Å². The molecule has 0 radical (unpaired) electrons. The van der Waals surface area contributed by atoms with Crippen LogP contribution in [0.2, 0.25) is 10.0 Å². The van der Waals surface area contributed by atoms with Gasteiger partial charge in [-0.1, -0.05) is 23.2 Å². The lowest BCUT2D eigenvalue weighted by Crippen LogP contribution is -2.33. The number of benzene rings is 3. The number of halogens is 3. The zero-order valence-corrected chi connectivity index (χ0v) is 19.9. The van der Waals surface area contributed by atoms with Crippen molar-refractivity contribution in [2.75, 3.05) is 18.4 Å². The van der Waals surface area contributed by atoms with Crippen LogP contribution in [0, 0.1) is 5.82 Å². The lowest BCUT2D eigenvalue weighted by molar-refractivity contribution is 0.0932. The van der Waals surface area contributed by atoms with Gasteiger partial charge in [-0.05, 0) is 61.3 Å². The molecular formula is C23H19Cl2FN2O4S. The van der Waals surface area contributed by atoms with Crippen LogP contribution in [0.4, 0.5) is 10.1 Å². The maximum absolute atomic E-state index is 14.7. The highest BCUT2D eigenvalue weighted by Gasteiger charge is 2.20. The number of ether oxygens (including phenoxy) is 2. The summed E-state index contributed by atoms with van der Waals surface area (Å²) in [4.78, 5) is 12.9. The van der Waals surface area contributed by atoms with E-state index in [1.807, 2.05) is 0 Å². The minimum Gasteiger partial charge on any atom is -0.505 e. The highest BCUT2D eigenvalue weighted by Crippen LogP contribution is 2.42. The maximum atomic E-state index is 14.7. The Morgan fingerprint density at radius 3 is 2.70 bits per heavy atom. The number of nitrogens with one attached hydrogen (secondary N) is 2. The molecule has 0 saturated heterocycles. The summed E-state index contributed by atoms with van der Waals surface area (Å²) in [6.45, 7) is 2.00. The van der Waals surface area contributed by atoms with E-state index in [1.165, 1.54) is 25.3 Å². The normalized spacial score (nSPS) is 15.8. The largest absolute Gasteiger partial charge is 0.505 e. The summed E-state index contributed by atoms with van der Waals surface area (Å²) in [6.07, 6.45) is -0.413. The molecule has 1 heterocycles. The molecule has 0 aromatic heterocycles. The third-order valence-electron chi connectivity index (χ3n) is 4.97. The first-order valence-corrected chi connectivity index (χ1v) is 11.4. The molecule has 1 atom stereocenters. The summed E-state index contributed by atoms with van der Waals surface area (Å²) < 4.78 is 29.0. The van der Waals surface area contributed by atoms with Crippen molar-refractivity contribution in [1.82, 2.24) is 5.32 Å². The Morgan fingerprint density at radius 1 is 1.15 bits per heavy atom. The minimum atomic E-state index is -0.598. The van der Waals surface area contributed by atoms with Gasteiger partial charge in [-0.25, -0.2) is 4.39 Å². The zero-order valence-electron chi connectivity index (χ0n) is 17.5. The van der Waals surface area contributed by atoms with E-state index >= 15 is 0 Å². The lowest BCUT2D eigenvalue weighted by atomic mass is 10.0. The van der Waals surface area contributed by atoms with Crippen molar-refractivity contribution in [1.29, 1.82) is 0 Å². The molecule has 1 aliphatic rings. The Labute approximate surface area is 204 Å². The highest BCUT2D eigenvalue weighted by atomic mass is 35.5. The van der Waals surface area contributed by atoms with Crippen LogP contribution in [0.25, 0.3) is 11.1 Å². The van der Waals surface area contributed by atoms with Crippen molar-refractivity contribution in [3.8, 4) is 28.4 Å². The number of anilines is 1. The van der Waals surface area contributed by atoms with E-state index < -0.39 is 17.8 Å². The number of carbonyl (C=O) groups is 1. The Balaban J connectivity index is 1.87. The fourth-order valence-corrected chi connectivity index (χ4v) is 4.57. The molecule has 1 amide bonds. The molecule has 0 fully saturated rings. The summed E-state index contributed by atoms with van der Waals surface area (Å²) in [5, 5.41) is 13.3. The first-order chi connectivity index (χ1) is 15.8. The standard InChI is InChI=1S/C23H19Cl2FN2O4S/c1-11-10-27-23(30)12-5-17(25)22(29)21(6-12)33-28-19-8-14(16(24)9-18(19)26)15-7-13(31-2)3-4-20(15)32-11/h3-9,11,28-29H,10H2,1-2H3,(H,27,30). The number of phenolic OH excluding ortho intramolecular Hbond substituents is 1. The van der Waals surface area contributed by atoms with Gasteiger partial charge in [-0.15, -0.1) is 0 Å². The first-order valence-electron chi connectivity index (χ1n) is 9.84. The van der Waals surface area contributed by atoms with Gasteiger partial charge in [-0.3, -0.25) is 4.79 Å². The summed E-state index contributed by atoms with van der Waals surface area (Å²) in [7, 11) is 1.54. The van der Waals surface area contributed by atoms with E-state index in [0.29, 0.717) is 22.6 Å². The highest BCUT2D eigenvalue weighted by molar-refractivity contribution is 8.00. The van der Waals surface area contributed by atoms with Gasteiger partial charge in [0, 0.05) is 16.7 Å². The van der Waals surface area contributed by atoms with Crippen LogP contribution in [0.5, 0.6) is 17.2 Å². The molecule has 172 valence electrons. The Kier molecular flexibility index (Phi) is 6.78. The van der Waals surface area contributed by atoms with Crippen molar-refractivity contribution in [2.45, 2.75) is 17.9 Å². The van der Waals surface area contributed by atoms with Gasteiger partial charge in [0.15, 0.2) is 0 Å². The number of rotatable bonds is 1. The quantitative estimate of drug-likeness (QED) is 0.342. The number of phenols is 1. The summed E-state index contributed by atoms with van der Waals surface area (Å²) in [5.74, 6) is -0.166. The zero-order chi connectivity index (χ0) is 23.7. The van der Waals surface area contributed by atoms with Gasteiger partial charge in [-0.2, -0.15) is 0 Å². The molecule has 0 spiro atoms. The Hall–Kier alpha value is -2.81. The molecule has 3 aromatic carbocycles. The fraction of sp³-hybridized carbons (Fsp3) is 0.174. The number of amides is 1. The van der Waals surface area contributed by atoms with Crippen LogP contribution in [0.1, 0.15) is 17.3 Å². The van der Waals surface area contributed by atoms with Gasteiger partial charge in [0.1, 0.15) is 29.2 Å². The Bertz CT molecular complexity index is 1240. The fourth-order valence-electron chi connectivity index (χ4n) is 3.27. The van der Waals surface area contributed by atoms with Crippen LogP contribution >= 0.6 is 35.1 Å². The molecule has 0 saturated carbocycles. The van der Waals surface area contributed by atoms with Crippen LogP contribution in [0.3, 0.4) is 0 Å². The third kappa shape index (κ3) is 4.93. The maximum Gasteiger partial charge on any atom is 0.251 e. The average Bonchev–Trinajstić information content (AvgIpc) is 2.79. The third-order valence-corrected chi connectivity index (χ3v) is 6.43. The molecule has 3 aromatic rings. The molecule has 10 heteroatoms. The predicted molar refractivity (Wildman–Crippen MR) is 128 cm³/mol. The summed E-state index contributed by atoms with van der Waals surface area (Å²) in [6, 6.07) is 10.8. The van der Waals surface area contributed by atoms with Gasteiger partial charge < -0.3 is 24.6 Å². The number of fused-ring (bicyclic) bond motifs is 6. The van der Waals surface area contributed by atoms with E-state index in [1.54, 1.807) is 31.2 Å². The van der Waals surface area contributed by atoms with E-state index in [2.05, 4.69) is 10.0 Å². The monoisotopic (exact) mass is 508 g/mol. The number of carbonyl (C=O) groups excluding carboxylic acids is 1. The average molecular weight is 509 g/mol. The second-order valence-corrected chi connectivity index (χ2v) is 8.98. The minimum absolute atomic E-state index is 0.00247. The van der Waals surface area contributed by atoms with Crippen LogP contribution < -0.4 is 19.5 Å². The number of aromatic hydroxyl groups is 1. The van der Waals surface area contributed by atoms with Gasteiger partial charge in [0.2, 0.25) is 0 Å². The van der Waals surface area contributed by atoms with E-state index in [-0.39, 0.29) is 38.5 Å². The summed E-state index contributed by atoms with van der Waals surface area (Å²) in [5.41, 5.74) is 1.46. The van der Waals surface area contributed by atoms with Crippen molar-refractivity contribution < 1.29 is 23.8 Å². The number of methoxy groups -OCH3 is 1. The van der Waals surface area contributed by atoms with Crippen LogP contribution in [0.15, 0.2) is 47.4 Å². The SMILES string of the molecule is COc1ccc2c(c1)-c1cc(c(F)cc1Cl)NSc1cc(cc(Cl)c1O)C(=O)NCC(C)O2. The molecule has 4 rings (SSSR count). The van der Waals surface area contributed by atoms with Crippen molar-refractivity contribution in [3.05, 3.63) is 63.9 Å². The van der Waals surface area contributed by atoms with E-state index in [0.717, 1.165) is 11.9 Å². The molecule has 4 bridgehead atoms. The second kappa shape index (κ2) is 9.59. The topological polar surface area (TPSA) is 79.8 Å². The van der Waals surface area contributed by atoms with Crippen molar-refractivity contribution in [2.24, 2.45) is 0 Å². The molecule has 6 nitrogen and oxygen atoms in total. The van der Waals surface area contributed by atoms with Crippen LogP contribution in [-0.4, -0.2) is 30.8 Å². The molecule has 3 N–H and O–H groups in total. The van der Waals surface area contributed by atoms with Gasteiger partial charge in [0.05, 0.1) is 34.3 Å². The molecule has 1 unspecified atom stereocenters. The van der Waals surface area contributed by atoms with Crippen LogP contribution in [-0.2, 0) is 0 Å². The Morgan fingerprint density at radius 2 is 1.94 bits per heavy atom. The molecular weight excluding hydrogens is 490 g/mol. The molecule has 33 heavy (non-hydrogen) atoms. The lowest BCUT2D eigenvalue weighted by Gasteiger charge is -2.20. The number of hydrogen-bond donors (Lipinski definition) is 3. The molecule has 0 aliphatic carbocycles. The predicted octanol–water partition coefficient (Wildman–Crippen LogP) is 6.14. The van der Waals surface area contributed by atoms with E-state index in [9.17, 15) is 14.3 Å². The van der Waals surface area contributed by atoms with Gasteiger partial charge in [0.25, 0.3) is 5.91 Å². The number of hydrogen-bond acceptors (Lipinski definition) is 6. The van der Waals surface area contributed by atoms with Gasteiger partial charge >= 0.3 is 0 Å². The first kappa shape index (κ1) is 23.4. The molecule has 1 aliphatic heterocycles.